The van der Waals surface area contributed by atoms with Crippen LogP contribution in [-0.2, 0) is 13.6 Å². The van der Waals surface area contributed by atoms with Gasteiger partial charge in [-0.05, 0) is 122 Å². The molecular weight excluding hydrogens is 553 g/mol. The Morgan fingerprint density at radius 2 is 1.59 bits per heavy atom. The fourth-order valence-electron chi connectivity index (χ4n) is 10.6. The summed E-state index contributed by atoms with van der Waals surface area (Å²) in [5.41, 5.74) is 0.875. The lowest BCUT2D eigenvalue weighted by Gasteiger charge is -2.61. The highest BCUT2D eigenvalue weighted by Crippen LogP contribution is 2.69. The molecule has 4 aliphatic rings. The summed E-state index contributed by atoms with van der Waals surface area (Å²) in [7, 11) is 2.15. The van der Waals surface area contributed by atoms with Crippen molar-refractivity contribution in [1.82, 2.24) is 0 Å². The molecule has 2 unspecified atom stereocenters. The minimum absolute atomic E-state index is 0. The van der Waals surface area contributed by atoms with Gasteiger partial charge in [-0.2, -0.15) is 0 Å². The van der Waals surface area contributed by atoms with E-state index in [0.29, 0.717) is 27.8 Å². The lowest BCUT2D eigenvalue weighted by Crippen LogP contribution is -3.00. The molecular formula is C34H65ClNO4P. The number of phosphoric acid groups is 1. The normalized spacial score (nSPS) is 40.1. The smallest absolute Gasteiger partial charge is 0.472 e. The minimum Gasteiger partial charge on any atom is -1.00 e. The maximum Gasteiger partial charge on any atom is 0.472 e. The van der Waals surface area contributed by atoms with Crippen LogP contribution in [0.15, 0.2) is 0 Å². The molecule has 4 fully saturated rings. The quantitative estimate of drug-likeness (QED) is 0.217. The van der Waals surface area contributed by atoms with Gasteiger partial charge in [0.1, 0.15) is 13.2 Å². The third kappa shape index (κ3) is 7.96. The molecule has 0 radical (unpaired) electrons. The molecule has 0 aromatic rings. The summed E-state index contributed by atoms with van der Waals surface area (Å²) in [6, 6.07) is 0. The van der Waals surface area contributed by atoms with Gasteiger partial charge in [0.05, 0.1) is 27.2 Å². The van der Waals surface area contributed by atoms with Crippen LogP contribution in [0.4, 0.5) is 0 Å². The molecule has 11 atom stereocenters. The Hall–Kier alpha value is 0.360. The molecule has 0 aliphatic heterocycles. The lowest BCUT2D eigenvalue weighted by atomic mass is 9.44. The maximum absolute atomic E-state index is 12.7. The van der Waals surface area contributed by atoms with Gasteiger partial charge in [-0.25, -0.2) is 4.57 Å². The number of hydrogen-bond acceptors (Lipinski definition) is 3. The van der Waals surface area contributed by atoms with Gasteiger partial charge >= 0.3 is 7.82 Å². The van der Waals surface area contributed by atoms with Gasteiger partial charge in [0.2, 0.25) is 0 Å². The zero-order chi connectivity index (χ0) is 29.5. The predicted molar refractivity (Wildman–Crippen MR) is 166 cm³/mol. The van der Waals surface area contributed by atoms with Crippen molar-refractivity contribution >= 4 is 7.82 Å². The van der Waals surface area contributed by atoms with E-state index in [1.807, 2.05) is 0 Å². The van der Waals surface area contributed by atoms with Crippen molar-refractivity contribution in [3.63, 3.8) is 0 Å². The Morgan fingerprint density at radius 1 is 0.927 bits per heavy atom. The number of halogens is 1. The first-order valence-corrected chi connectivity index (χ1v) is 18.6. The summed E-state index contributed by atoms with van der Waals surface area (Å²) >= 11 is 0. The molecule has 0 heterocycles. The van der Waals surface area contributed by atoms with Crippen molar-refractivity contribution in [2.24, 2.45) is 58.2 Å². The fraction of sp³-hybridized carbons (Fsp3) is 1.00. The van der Waals surface area contributed by atoms with E-state index in [4.69, 9.17) is 9.05 Å². The zero-order valence-electron chi connectivity index (χ0n) is 28.0. The Morgan fingerprint density at radius 3 is 2.22 bits per heavy atom. The van der Waals surface area contributed by atoms with Gasteiger partial charge in [0, 0.05) is 0 Å². The summed E-state index contributed by atoms with van der Waals surface area (Å²) in [5, 5.41) is 0. The molecule has 0 bridgehead atoms. The van der Waals surface area contributed by atoms with Gasteiger partial charge < -0.3 is 21.8 Å². The van der Waals surface area contributed by atoms with Gasteiger partial charge in [0.25, 0.3) is 0 Å². The minimum atomic E-state index is -4.02. The van der Waals surface area contributed by atoms with Crippen LogP contribution in [0.5, 0.6) is 0 Å². The molecule has 0 amide bonds. The Bertz CT molecular complexity index is 894. The molecule has 4 aliphatic carbocycles. The number of rotatable bonds is 12. The molecule has 242 valence electrons. The van der Waals surface area contributed by atoms with Crippen LogP contribution in [0, 0.1) is 58.2 Å². The number of fused-ring (bicyclic) bond motifs is 5. The van der Waals surface area contributed by atoms with E-state index in [0.717, 1.165) is 60.7 Å². The molecule has 5 nitrogen and oxygen atoms in total. The van der Waals surface area contributed by atoms with E-state index in [2.05, 4.69) is 62.7 Å². The molecule has 7 heteroatoms. The number of nitrogens with zero attached hydrogens (tertiary/aromatic N) is 1. The average molecular weight is 618 g/mol. The second-order valence-corrected chi connectivity index (χ2v) is 18.1. The van der Waals surface area contributed by atoms with Gasteiger partial charge in [0.15, 0.2) is 0 Å². The van der Waals surface area contributed by atoms with E-state index in [-0.39, 0.29) is 25.1 Å². The van der Waals surface area contributed by atoms with Crippen molar-refractivity contribution in [2.45, 2.75) is 125 Å². The number of phosphoric ester groups is 1. The van der Waals surface area contributed by atoms with Crippen molar-refractivity contribution in [3.8, 4) is 0 Å². The molecule has 4 saturated carbocycles. The Balaban J connectivity index is 0.00000462. The predicted octanol–water partition coefficient (Wildman–Crippen LogP) is 5.96. The van der Waals surface area contributed by atoms with Crippen LogP contribution in [0.2, 0.25) is 0 Å². The Kier molecular flexibility index (Phi) is 12.0. The summed E-state index contributed by atoms with van der Waals surface area (Å²) in [5.74, 6) is 6.60. The van der Waals surface area contributed by atoms with E-state index in [1.165, 1.54) is 57.8 Å². The van der Waals surface area contributed by atoms with Crippen LogP contribution in [0.3, 0.4) is 0 Å². The highest BCUT2D eigenvalue weighted by molar-refractivity contribution is 7.47. The maximum atomic E-state index is 12.7. The molecule has 0 spiro atoms. The van der Waals surface area contributed by atoms with E-state index >= 15 is 0 Å². The summed E-state index contributed by atoms with van der Waals surface area (Å²) in [6.07, 6.45) is 15.2. The van der Waals surface area contributed by atoms with E-state index < -0.39 is 7.82 Å². The highest BCUT2D eigenvalue weighted by Gasteiger charge is 2.60. The first-order chi connectivity index (χ1) is 18.6. The second-order valence-electron chi connectivity index (χ2n) is 16.7. The number of quaternary nitrogens is 1. The zero-order valence-corrected chi connectivity index (χ0v) is 29.7. The lowest BCUT2D eigenvalue weighted by molar-refractivity contribution is -0.870. The summed E-state index contributed by atoms with van der Waals surface area (Å²) in [6.45, 7) is 16.0. The summed E-state index contributed by atoms with van der Waals surface area (Å²) in [4.78, 5) is 10.4. The molecule has 0 aromatic carbocycles. The monoisotopic (exact) mass is 617 g/mol. The molecule has 4 rings (SSSR count). The molecule has 1 N–H and O–H groups in total. The van der Waals surface area contributed by atoms with Crippen LogP contribution in [0.25, 0.3) is 0 Å². The molecule has 41 heavy (non-hydrogen) atoms. The molecule has 0 saturated heterocycles. The SMILES string of the molecule is CC[C@H](CCC(C)[C@H]1CC[C@H]2[C@@H]3CC[C@H]4C[C@@H](OP(=O)(O)OCC[N+](C)(C)C)CC[C@]4(C)[C@H]3CC[C@]12C)C(C)C.[Cl-]. The van der Waals surface area contributed by atoms with Crippen LogP contribution >= 0.6 is 7.82 Å². The Labute approximate surface area is 259 Å². The third-order valence-electron chi connectivity index (χ3n) is 13.1. The van der Waals surface area contributed by atoms with Gasteiger partial charge in [-0.15, -0.1) is 0 Å². The van der Waals surface area contributed by atoms with Gasteiger partial charge in [-0.1, -0.05) is 54.4 Å². The van der Waals surface area contributed by atoms with Crippen molar-refractivity contribution in [3.05, 3.63) is 0 Å². The largest absolute Gasteiger partial charge is 1.00 e. The number of hydrogen-bond donors (Lipinski definition) is 1. The summed E-state index contributed by atoms with van der Waals surface area (Å²) < 4.78 is 24.6. The topological polar surface area (TPSA) is 55.8 Å². The number of likely N-dealkylation sites (N-methyl/N-ethyl adjacent to an activating group) is 1. The van der Waals surface area contributed by atoms with Crippen molar-refractivity contribution in [1.29, 1.82) is 0 Å². The standard InChI is InChI=1S/C34H64NO4P.ClH/c1-10-26(24(2)3)12-11-25(4)30-15-16-31-29-14-13-27-23-28(39-40(36,37)38-22-21-35(7,8)9)17-19-33(27,5)32(29)18-20-34(30,31)6;/h24-32H,10-23H2,1-9H3;1H/t25?,26-,27+,28+,29+,30-,31+,32+,33+,34-;/m1./s1. The van der Waals surface area contributed by atoms with Crippen molar-refractivity contribution < 1.29 is 35.4 Å². The fourth-order valence-corrected chi connectivity index (χ4v) is 11.6. The average Bonchev–Trinajstić information content (AvgIpc) is 3.20. The van der Waals surface area contributed by atoms with E-state index in [1.54, 1.807) is 0 Å². The second kappa shape index (κ2) is 13.8. The van der Waals surface area contributed by atoms with Crippen LogP contribution < -0.4 is 12.4 Å². The van der Waals surface area contributed by atoms with Crippen LogP contribution in [-0.4, -0.2) is 49.8 Å². The highest BCUT2D eigenvalue weighted by atomic mass is 35.5. The van der Waals surface area contributed by atoms with E-state index in [9.17, 15) is 9.46 Å². The van der Waals surface area contributed by atoms with Crippen LogP contribution in [0.1, 0.15) is 119 Å². The first kappa shape index (κ1) is 35.8. The third-order valence-corrected chi connectivity index (χ3v) is 14.2. The van der Waals surface area contributed by atoms with Gasteiger partial charge in [-0.3, -0.25) is 9.05 Å². The van der Waals surface area contributed by atoms with Crippen molar-refractivity contribution in [2.75, 3.05) is 34.3 Å². The first-order valence-electron chi connectivity index (χ1n) is 17.1. The molecule has 0 aromatic heterocycles.